The monoisotopic (exact) mass is 433 g/mol. The molecule has 5 nitrogen and oxygen atoms in total. The number of anilines is 1. The van der Waals surface area contributed by atoms with Gasteiger partial charge in [-0.1, -0.05) is 50.5 Å². The molecule has 1 heterocycles. The van der Waals surface area contributed by atoms with Crippen LogP contribution < -0.4 is 10.6 Å². The molecule has 2 aliphatic rings. The van der Waals surface area contributed by atoms with Crippen LogP contribution in [-0.2, 0) is 6.42 Å². The zero-order valence-electron chi connectivity index (χ0n) is 19.1. The molecule has 2 aromatic rings. The average molecular weight is 434 g/mol. The summed E-state index contributed by atoms with van der Waals surface area (Å²) in [6.07, 6.45) is 8.82. The van der Waals surface area contributed by atoms with Crippen LogP contribution in [0.3, 0.4) is 0 Å². The van der Waals surface area contributed by atoms with Crippen LogP contribution in [0.15, 0.2) is 48.5 Å². The lowest BCUT2D eigenvalue weighted by Gasteiger charge is -2.33. The van der Waals surface area contributed by atoms with E-state index in [2.05, 4.69) is 35.8 Å². The topological polar surface area (TPSA) is 61.4 Å². The summed E-state index contributed by atoms with van der Waals surface area (Å²) in [5.74, 6) is 0.277. The second-order valence-corrected chi connectivity index (χ2v) is 9.20. The second-order valence-electron chi connectivity index (χ2n) is 9.20. The maximum absolute atomic E-state index is 12.8. The highest BCUT2D eigenvalue weighted by Crippen LogP contribution is 2.28. The van der Waals surface area contributed by atoms with Crippen LogP contribution in [0.2, 0.25) is 0 Å². The van der Waals surface area contributed by atoms with Crippen LogP contribution in [0.1, 0.15) is 79.3 Å². The number of hydrogen-bond acceptors (Lipinski definition) is 2. The van der Waals surface area contributed by atoms with Crippen molar-refractivity contribution >= 4 is 17.6 Å². The predicted molar refractivity (Wildman–Crippen MR) is 129 cm³/mol. The highest BCUT2D eigenvalue weighted by atomic mass is 16.2. The highest BCUT2D eigenvalue weighted by molar-refractivity contribution is 5.94. The third kappa shape index (κ3) is 5.70. The fraction of sp³-hybridized carbons (Fsp3) is 0.481. The van der Waals surface area contributed by atoms with E-state index in [1.165, 1.54) is 24.8 Å². The number of aryl methyl sites for hydroxylation is 1. The Labute approximate surface area is 191 Å². The van der Waals surface area contributed by atoms with Gasteiger partial charge in [-0.3, -0.25) is 4.79 Å². The Balaban J connectivity index is 1.37. The second kappa shape index (κ2) is 10.7. The van der Waals surface area contributed by atoms with Gasteiger partial charge in [0.1, 0.15) is 0 Å². The van der Waals surface area contributed by atoms with Gasteiger partial charge in [0.15, 0.2) is 0 Å². The van der Waals surface area contributed by atoms with Crippen molar-refractivity contribution in [2.24, 2.45) is 0 Å². The van der Waals surface area contributed by atoms with E-state index in [0.29, 0.717) is 12.6 Å². The summed E-state index contributed by atoms with van der Waals surface area (Å²) in [5, 5.41) is 6.25. The number of rotatable bonds is 5. The SMILES string of the molecule is CCc1ccc(NC(=O)N2CCC[C@@H](c3cccc(C(=O)NC4CCCCC4)c3)C2)cc1. The molecule has 2 aromatic carbocycles. The van der Waals surface area contributed by atoms with Crippen molar-refractivity contribution in [2.45, 2.75) is 70.3 Å². The number of urea groups is 1. The first-order chi connectivity index (χ1) is 15.6. The molecule has 3 amide bonds. The Morgan fingerprint density at radius 1 is 0.969 bits per heavy atom. The number of piperidine rings is 1. The summed E-state index contributed by atoms with van der Waals surface area (Å²) in [6.45, 7) is 3.56. The number of benzene rings is 2. The normalized spacial score (nSPS) is 19.4. The van der Waals surface area contributed by atoms with Gasteiger partial charge in [0.05, 0.1) is 0 Å². The number of likely N-dealkylation sites (tertiary alicyclic amines) is 1. The number of carbonyl (C=O) groups is 2. The Kier molecular flexibility index (Phi) is 7.46. The number of amides is 3. The summed E-state index contributed by atoms with van der Waals surface area (Å²) < 4.78 is 0. The van der Waals surface area contributed by atoms with Gasteiger partial charge in [0, 0.05) is 36.3 Å². The van der Waals surface area contributed by atoms with E-state index < -0.39 is 0 Å². The minimum Gasteiger partial charge on any atom is -0.349 e. The van der Waals surface area contributed by atoms with Crippen LogP contribution in [0.25, 0.3) is 0 Å². The molecule has 1 aliphatic carbocycles. The lowest BCUT2D eigenvalue weighted by molar-refractivity contribution is 0.0927. The average Bonchev–Trinajstić information content (AvgIpc) is 2.85. The summed E-state index contributed by atoms with van der Waals surface area (Å²) >= 11 is 0. The van der Waals surface area contributed by atoms with Gasteiger partial charge in [-0.2, -0.15) is 0 Å². The molecule has 4 rings (SSSR count). The molecule has 2 N–H and O–H groups in total. The Morgan fingerprint density at radius 2 is 1.75 bits per heavy atom. The van der Waals surface area contributed by atoms with E-state index in [1.807, 2.05) is 35.2 Å². The van der Waals surface area contributed by atoms with Gasteiger partial charge in [0.2, 0.25) is 0 Å². The summed E-state index contributed by atoms with van der Waals surface area (Å²) in [6, 6.07) is 16.3. The minimum atomic E-state index is -0.0508. The van der Waals surface area contributed by atoms with Crippen LogP contribution in [0, 0.1) is 0 Å². The lowest BCUT2D eigenvalue weighted by Crippen LogP contribution is -2.41. The van der Waals surface area contributed by atoms with Crippen molar-refractivity contribution in [3.8, 4) is 0 Å². The van der Waals surface area contributed by atoms with Crippen molar-refractivity contribution in [3.63, 3.8) is 0 Å². The fourth-order valence-corrected chi connectivity index (χ4v) is 4.91. The lowest BCUT2D eigenvalue weighted by atomic mass is 9.89. The molecular formula is C27H35N3O2. The first-order valence-electron chi connectivity index (χ1n) is 12.2. The van der Waals surface area contributed by atoms with Gasteiger partial charge in [-0.05, 0) is 67.5 Å². The van der Waals surface area contributed by atoms with Gasteiger partial charge in [-0.15, -0.1) is 0 Å². The van der Waals surface area contributed by atoms with E-state index in [-0.39, 0.29) is 17.9 Å². The fourth-order valence-electron chi connectivity index (χ4n) is 4.91. The highest BCUT2D eigenvalue weighted by Gasteiger charge is 2.25. The Morgan fingerprint density at radius 3 is 2.50 bits per heavy atom. The van der Waals surface area contributed by atoms with Crippen LogP contribution in [0.4, 0.5) is 10.5 Å². The first-order valence-corrected chi connectivity index (χ1v) is 12.2. The molecule has 0 radical (unpaired) electrons. The molecule has 1 saturated heterocycles. The number of nitrogens with zero attached hydrogens (tertiary/aromatic N) is 1. The number of nitrogens with one attached hydrogen (secondary N) is 2. The maximum atomic E-state index is 12.8. The molecule has 1 saturated carbocycles. The van der Waals surface area contributed by atoms with Gasteiger partial charge in [-0.25, -0.2) is 4.79 Å². The Hall–Kier alpha value is -2.82. The van der Waals surface area contributed by atoms with Crippen LogP contribution in [0.5, 0.6) is 0 Å². The number of hydrogen-bond donors (Lipinski definition) is 2. The van der Waals surface area contributed by atoms with Gasteiger partial charge < -0.3 is 15.5 Å². The molecule has 32 heavy (non-hydrogen) atoms. The summed E-state index contributed by atoms with van der Waals surface area (Å²) in [5.41, 5.74) is 3.96. The van der Waals surface area contributed by atoms with Gasteiger partial charge in [0.25, 0.3) is 5.91 Å². The van der Waals surface area contributed by atoms with Crippen molar-refractivity contribution in [1.29, 1.82) is 0 Å². The van der Waals surface area contributed by atoms with E-state index in [0.717, 1.165) is 55.5 Å². The van der Waals surface area contributed by atoms with Crippen molar-refractivity contribution < 1.29 is 9.59 Å². The molecule has 0 bridgehead atoms. The van der Waals surface area contributed by atoms with Crippen LogP contribution >= 0.6 is 0 Å². The Bertz CT molecular complexity index is 919. The zero-order chi connectivity index (χ0) is 22.3. The molecule has 1 aliphatic heterocycles. The summed E-state index contributed by atoms with van der Waals surface area (Å²) in [7, 11) is 0. The van der Waals surface area contributed by atoms with E-state index in [4.69, 9.17) is 0 Å². The van der Waals surface area contributed by atoms with E-state index in [9.17, 15) is 9.59 Å². The largest absolute Gasteiger partial charge is 0.349 e. The standard InChI is InChI=1S/C27H35N3O2/c1-2-20-13-15-25(16-14-20)29-27(32)30-17-7-10-23(19-30)21-8-6-9-22(18-21)26(31)28-24-11-4-3-5-12-24/h6,8-9,13-16,18,23-24H,2-5,7,10-12,17,19H2,1H3,(H,28,31)(H,29,32)/t23-/m1/s1. The molecule has 170 valence electrons. The third-order valence-electron chi connectivity index (χ3n) is 6.88. The molecule has 1 atom stereocenters. The van der Waals surface area contributed by atoms with Crippen molar-refractivity contribution in [2.75, 3.05) is 18.4 Å². The molecule has 0 spiro atoms. The summed E-state index contributed by atoms with van der Waals surface area (Å²) in [4.78, 5) is 27.5. The molecule has 0 aromatic heterocycles. The third-order valence-corrected chi connectivity index (χ3v) is 6.88. The molecule has 5 heteroatoms. The molecule has 2 fully saturated rings. The van der Waals surface area contributed by atoms with E-state index in [1.54, 1.807) is 0 Å². The van der Waals surface area contributed by atoms with E-state index >= 15 is 0 Å². The number of carbonyl (C=O) groups excluding carboxylic acids is 2. The van der Waals surface area contributed by atoms with Crippen molar-refractivity contribution in [1.82, 2.24) is 10.2 Å². The predicted octanol–water partition coefficient (Wildman–Crippen LogP) is 5.72. The molecular weight excluding hydrogens is 398 g/mol. The minimum absolute atomic E-state index is 0.0275. The quantitative estimate of drug-likeness (QED) is 0.633. The molecule has 0 unspecified atom stereocenters. The maximum Gasteiger partial charge on any atom is 0.321 e. The van der Waals surface area contributed by atoms with Gasteiger partial charge >= 0.3 is 6.03 Å². The zero-order valence-corrected chi connectivity index (χ0v) is 19.1. The van der Waals surface area contributed by atoms with Crippen LogP contribution in [-0.4, -0.2) is 36.0 Å². The van der Waals surface area contributed by atoms with Crippen molar-refractivity contribution in [3.05, 3.63) is 65.2 Å². The smallest absolute Gasteiger partial charge is 0.321 e. The first kappa shape index (κ1) is 22.4.